The van der Waals surface area contributed by atoms with E-state index in [1.54, 1.807) is 0 Å². The van der Waals surface area contributed by atoms with Gasteiger partial charge in [0.25, 0.3) is 5.56 Å². The first-order valence-electron chi connectivity index (χ1n) is 3.82. The smallest absolute Gasteiger partial charge is 0.297 e. The molecule has 2 aromatic heterocycles. The molecule has 68 valence electrons. The quantitative estimate of drug-likeness (QED) is 0.583. The third-order valence-corrected chi connectivity index (χ3v) is 1.67. The summed E-state index contributed by atoms with van der Waals surface area (Å²) < 4.78 is 1.36. The fourth-order valence-corrected chi connectivity index (χ4v) is 1.08. The molecule has 0 aliphatic carbocycles. The molecule has 2 rings (SSSR count). The van der Waals surface area contributed by atoms with Crippen LogP contribution < -0.4 is 11.3 Å². The lowest BCUT2D eigenvalue weighted by molar-refractivity contribution is 0.811. The van der Waals surface area contributed by atoms with E-state index in [1.807, 2.05) is 6.92 Å². The minimum Gasteiger partial charge on any atom is -0.368 e. The number of anilines is 1. The third-order valence-electron chi connectivity index (χ3n) is 1.67. The molecule has 0 spiro atoms. The first-order chi connectivity index (χ1) is 6.22. The van der Waals surface area contributed by atoms with E-state index in [9.17, 15) is 4.79 Å². The summed E-state index contributed by atoms with van der Waals surface area (Å²) in [6.07, 6.45) is 0.650. The summed E-state index contributed by atoms with van der Waals surface area (Å²) in [6.45, 7) is 1.90. The zero-order chi connectivity index (χ0) is 9.42. The number of hydrogen-bond donors (Lipinski definition) is 2. The maximum Gasteiger partial charge on any atom is 0.297 e. The maximum atomic E-state index is 11.2. The summed E-state index contributed by atoms with van der Waals surface area (Å²) in [5.74, 6) is 0.680. The van der Waals surface area contributed by atoms with Gasteiger partial charge in [0.05, 0.1) is 0 Å². The second-order valence-electron chi connectivity index (χ2n) is 2.54. The van der Waals surface area contributed by atoms with Crippen LogP contribution in [0.25, 0.3) is 5.65 Å². The molecule has 2 aromatic rings. The van der Waals surface area contributed by atoms with Crippen LogP contribution in [0.1, 0.15) is 12.7 Å². The molecule has 0 aliphatic rings. The van der Waals surface area contributed by atoms with E-state index >= 15 is 0 Å². The lowest BCUT2D eigenvalue weighted by atomic mass is 10.5. The molecule has 0 radical (unpaired) electrons. The average molecular weight is 180 g/mol. The number of rotatable bonds is 1. The van der Waals surface area contributed by atoms with Crippen LogP contribution >= 0.6 is 0 Å². The van der Waals surface area contributed by atoms with Crippen molar-refractivity contribution in [3.05, 3.63) is 16.2 Å². The number of nitrogens with two attached hydrogens (primary N) is 1. The van der Waals surface area contributed by atoms with Gasteiger partial charge >= 0.3 is 0 Å². The van der Waals surface area contributed by atoms with Gasteiger partial charge in [-0.15, -0.1) is 15.3 Å². The molecule has 7 heteroatoms. The number of aryl methyl sites for hydroxylation is 1. The molecule has 0 saturated carbocycles. The van der Waals surface area contributed by atoms with Crippen molar-refractivity contribution in [2.24, 2.45) is 0 Å². The van der Waals surface area contributed by atoms with Crippen LogP contribution in [-0.2, 0) is 6.42 Å². The first kappa shape index (κ1) is 7.71. The lowest BCUT2D eigenvalue weighted by Gasteiger charge is -1.95. The van der Waals surface area contributed by atoms with Gasteiger partial charge in [0.15, 0.2) is 5.82 Å². The molecule has 0 unspecified atom stereocenters. The van der Waals surface area contributed by atoms with Crippen LogP contribution in [0.5, 0.6) is 0 Å². The number of nitrogens with zero attached hydrogens (tertiary/aromatic N) is 4. The number of hydrogen-bond acceptors (Lipinski definition) is 5. The molecule has 0 fully saturated rings. The Labute approximate surface area is 72.6 Å². The van der Waals surface area contributed by atoms with E-state index < -0.39 is 0 Å². The highest BCUT2D eigenvalue weighted by Gasteiger charge is 2.08. The predicted molar refractivity (Wildman–Crippen MR) is 45.2 cm³/mol. The van der Waals surface area contributed by atoms with Crippen molar-refractivity contribution in [2.45, 2.75) is 13.3 Å². The highest BCUT2D eigenvalue weighted by atomic mass is 16.1. The molecular formula is C6H8N6O. The van der Waals surface area contributed by atoms with Crippen molar-refractivity contribution in [1.29, 1.82) is 0 Å². The SMILES string of the molecule is CCc1nnc2c(=O)[nH]c(N)nn12. The summed E-state index contributed by atoms with van der Waals surface area (Å²) >= 11 is 0. The van der Waals surface area contributed by atoms with Crippen LogP contribution in [-0.4, -0.2) is 24.8 Å². The maximum absolute atomic E-state index is 11.2. The fourth-order valence-electron chi connectivity index (χ4n) is 1.08. The summed E-state index contributed by atoms with van der Waals surface area (Å²) in [6, 6.07) is 0. The fraction of sp³-hybridized carbons (Fsp3) is 0.333. The second kappa shape index (κ2) is 2.54. The van der Waals surface area contributed by atoms with Crippen LogP contribution in [0.3, 0.4) is 0 Å². The third kappa shape index (κ3) is 1.05. The van der Waals surface area contributed by atoms with E-state index in [1.165, 1.54) is 4.52 Å². The molecule has 13 heavy (non-hydrogen) atoms. The first-order valence-corrected chi connectivity index (χ1v) is 3.82. The summed E-state index contributed by atoms with van der Waals surface area (Å²) in [4.78, 5) is 13.6. The van der Waals surface area contributed by atoms with Gasteiger partial charge < -0.3 is 5.73 Å². The van der Waals surface area contributed by atoms with E-state index in [2.05, 4.69) is 20.3 Å². The van der Waals surface area contributed by atoms with Gasteiger partial charge in [0.2, 0.25) is 11.6 Å². The standard InChI is InChI=1S/C6H8N6O/c1-2-3-9-10-4-5(13)8-6(7)11-12(3)4/h2H2,1H3,(H3,7,8,11,13). The van der Waals surface area contributed by atoms with E-state index in [4.69, 9.17) is 5.73 Å². The van der Waals surface area contributed by atoms with Crippen molar-refractivity contribution >= 4 is 11.6 Å². The number of aromatic nitrogens is 5. The minimum atomic E-state index is -0.375. The van der Waals surface area contributed by atoms with Gasteiger partial charge in [-0.3, -0.25) is 9.78 Å². The molecule has 0 bridgehead atoms. The molecule has 0 saturated heterocycles. The normalized spacial score (nSPS) is 10.8. The number of fused-ring (bicyclic) bond motifs is 1. The number of nitrogens with one attached hydrogen (secondary N) is 1. The molecular weight excluding hydrogens is 172 g/mol. The summed E-state index contributed by atoms with van der Waals surface area (Å²) in [7, 11) is 0. The predicted octanol–water partition coefficient (Wildman–Crippen LogP) is -1.04. The average Bonchev–Trinajstić information content (AvgIpc) is 2.47. The van der Waals surface area contributed by atoms with Crippen LogP contribution in [0, 0.1) is 0 Å². The highest BCUT2D eigenvalue weighted by Crippen LogP contribution is 1.97. The number of aromatic amines is 1. The monoisotopic (exact) mass is 180 g/mol. The van der Waals surface area contributed by atoms with Crippen molar-refractivity contribution in [3.63, 3.8) is 0 Å². The Balaban J connectivity index is 2.90. The molecule has 0 amide bonds. The Morgan fingerprint density at radius 1 is 1.54 bits per heavy atom. The van der Waals surface area contributed by atoms with Gasteiger partial charge in [-0.1, -0.05) is 6.92 Å². The summed E-state index contributed by atoms with van der Waals surface area (Å²) in [5, 5.41) is 11.4. The molecule has 0 aliphatic heterocycles. The summed E-state index contributed by atoms with van der Waals surface area (Å²) in [5.41, 5.74) is 5.16. The minimum absolute atomic E-state index is 0.0620. The van der Waals surface area contributed by atoms with Crippen LogP contribution in [0.15, 0.2) is 4.79 Å². The van der Waals surface area contributed by atoms with E-state index in [0.29, 0.717) is 12.2 Å². The van der Waals surface area contributed by atoms with Gasteiger partial charge in [-0.05, 0) is 0 Å². The molecule has 2 heterocycles. The highest BCUT2D eigenvalue weighted by molar-refractivity contribution is 5.35. The van der Waals surface area contributed by atoms with Gasteiger partial charge in [-0.2, -0.15) is 4.52 Å². The van der Waals surface area contributed by atoms with E-state index in [0.717, 1.165) is 0 Å². The molecule has 7 nitrogen and oxygen atoms in total. The van der Waals surface area contributed by atoms with Crippen molar-refractivity contribution in [3.8, 4) is 0 Å². The molecule has 3 N–H and O–H groups in total. The Hall–Kier alpha value is -1.92. The van der Waals surface area contributed by atoms with Crippen LogP contribution in [0.2, 0.25) is 0 Å². The molecule has 0 aromatic carbocycles. The lowest BCUT2D eigenvalue weighted by Crippen LogP contribution is -2.16. The Morgan fingerprint density at radius 2 is 2.31 bits per heavy atom. The largest absolute Gasteiger partial charge is 0.368 e. The Morgan fingerprint density at radius 3 is 3.00 bits per heavy atom. The van der Waals surface area contributed by atoms with Gasteiger partial charge in [-0.25, -0.2) is 0 Å². The van der Waals surface area contributed by atoms with Gasteiger partial charge in [0.1, 0.15) is 0 Å². The second-order valence-corrected chi connectivity index (χ2v) is 2.54. The number of H-pyrrole nitrogens is 1. The topological polar surface area (TPSA) is 102 Å². The van der Waals surface area contributed by atoms with Crippen molar-refractivity contribution in [2.75, 3.05) is 5.73 Å². The Kier molecular flexibility index (Phi) is 1.51. The van der Waals surface area contributed by atoms with Crippen molar-refractivity contribution in [1.82, 2.24) is 24.8 Å². The van der Waals surface area contributed by atoms with E-state index in [-0.39, 0.29) is 17.2 Å². The zero-order valence-corrected chi connectivity index (χ0v) is 6.98. The van der Waals surface area contributed by atoms with Gasteiger partial charge in [0, 0.05) is 6.42 Å². The zero-order valence-electron chi connectivity index (χ0n) is 6.98. The van der Waals surface area contributed by atoms with Crippen molar-refractivity contribution < 1.29 is 0 Å². The number of nitrogen functional groups attached to an aromatic ring is 1. The Bertz CT molecular complexity index is 497. The van der Waals surface area contributed by atoms with Crippen LogP contribution in [0.4, 0.5) is 5.95 Å². The molecule has 0 atom stereocenters.